The second-order valence-corrected chi connectivity index (χ2v) is 8.28. The van der Waals surface area contributed by atoms with Crippen LogP contribution in [0.15, 0.2) is 48.1 Å². The SMILES string of the molecule is CC(C)=CCC(C)(C)[C@@H](O)/C=C/[C@H]1C=CC[C@H]1C/C=C\CCC(=O)C(=O)O. The number of rotatable bonds is 11. The highest BCUT2D eigenvalue weighted by atomic mass is 16.4. The third-order valence-electron chi connectivity index (χ3n) is 5.08. The first-order chi connectivity index (χ1) is 12.6. The van der Waals surface area contributed by atoms with Crippen molar-refractivity contribution in [3.8, 4) is 0 Å². The molecule has 0 aromatic rings. The quantitative estimate of drug-likeness (QED) is 0.400. The first-order valence-electron chi connectivity index (χ1n) is 9.71. The van der Waals surface area contributed by atoms with Gasteiger partial charge in [-0.2, -0.15) is 0 Å². The standard InChI is InChI=1S/C23H34O4/c1-17(2)15-16-23(3,4)21(25)14-13-19-11-8-10-18(19)9-6-5-7-12-20(24)22(26)27/h5-6,8,11,13-15,18-19,21,25H,7,9-10,12,16H2,1-4H3,(H,26,27)/b6-5-,14-13+/t18-,19-,21+/m1/s1. The lowest BCUT2D eigenvalue weighted by atomic mass is 9.81. The molecule has 0 heterocycles. The maximum Gasteiger partial charge on any atom is 0.372 e. The number of aliphatic hydroxyl groups excluding tert-OH is 1. The Morgan fingerprint density at radius 2 is 1.96 bits per heavy atom. The topological polar surface area (TPSA) is 74.6 Å². The molecule has 0 saturated carbocycles. The van der Waals surface area contributed by atoms with Crippen molar-refractivity contribution in [3.05, 3.63) is 48.1 Å². The number of allylic oxidation sites excluding steroid dienone is 7. The third-order valence-corrected chi connectivity index (χ3v) is 5.08. The van der Waals surface area contributed by atoms with E-state index in [1.807, 2.05) is 18.2 Å². The van der Waals surface area contributed by atoms with Gasteiger partial charge in [0, 0.05) is 6.42 Å². The normalized spacial score (nSPS) is 21.1. The summed E-state index contributed by atoms with van der Waals surface area (Å²) in [6, 6.07) is 0. The van der Waals surface area contributed by atoms with E-state index in [1.54, 1.807) is 0 Å². The lowest BCUT2D eigenvalue weighted by Crippen LogP contribution is -2.27. The second kappa shape index (κ2) is 11.0. The van der Waals surface area contributed by atoms with Crippen molar-refractivity contribution in [2.45, 2.75) is 65.9 Å². The number of carboxylic acids is 1. The minimum atomic E-state index is -1.36. The molecule has 1 aliphatic rings. The van der Waals surface area contributed by atoms with E-state index >= 15 is 0 Å². The van der Waals surface area contributed by atoms with Crippen LogP contribution in [0.5, 0.6) is 0 Å². The molecule has 4 heteroatoms. The molecule has 0 radical (unpaired) electrons. The third kappa shape index (κ3) is 8.53. The van der Waals surface area contributed by atoms with Crippen LogP contribution in [0.2, 0.25) is 0 Å². The number of hydrogen-bond acceptors (Lipinski definition) is 3. The molecule has 0 aliphatic heterocycles. The van der Waals surface area contributed by atoms with Crippen molar-refractivity contribution in [2.24, 2.45) is 17.3 Å². The fourth-order valence-corrected chi connectivity index (χ4v) is 2.99. The number of aliphatic carboxylic acids is 1. The summed E-state index contributed by atoms with van der Waals surface area (Å²) in [7, 11) is 0. The molecule has 1 rings (SSSR count). The highest BCUT2D eigenvalue weighted by Gasteiger charge is 2.26. The predicted octanol–water partition coefficient (Wildman–Crippen LogP) is 4.86. The van der Waals surface area contributed by atoms with Gasteiger partial charge in [0.05, 0.1) is 6.10 Å². The number of carbonyl (C=O) groups excluding carboxylic acids is 1. The summed E-state index contributed by atoms with van der Waals surface area (Å²) in [4.78, 5) is 21.5. The Bertz CT molecular complexity index is 618. The lowest BCUT2D eigenvalue weighted by Gasteiger charge is -2.28. The zero-order chi connectivity index (χ0) is 20.4. The number of carboxylic acid groups (broad SMARTS) is 1. The van der Waals surface area contributed by atoms with E-state index in [2.05, 4.69) is 52.0 Å². The number of ketones is 1. The van der Waals surface area contributed by atoms with Crippen molar-refractivity contribution in [1.82, 2.24) is 0 Å². The Morgan fingerprint density at radius 3 is 2.59 bits per heavy atom. The second-order valence-electron chi connectivity index (χ2n) is 8.28. The van der Waals surface area contributed by atoms with Gasteiger partial charge < -0.3 is 10.2 Å². The van der Waals surface area contributed by atoms with Gasteiger partial charge >= 0.3 is 5.97 Å². The van der Waals surface area contributed by atoms with E-state index in [1.165, 1.54) is 5.57 Å². The molecule has 4 nitrogen and oxygen atoms in total. The number of Topliss-reactive ketones (excluding diaryl/α,β-unsaturated/α-hetero) is 1. The summed E-state index contributed by atoms with van der Waals surface area (Å²) >= 11 is 0. The minimum Gasteiger partial charge on any atom is -0.476 e. The summed E-state index contributed by atoms with van der Waals surface area (Å²) < 4.78 is 0. The largest absolute Gasteiger partial charge is 0.476 e. The molecule has 0 saturated heterocycles. The zero-order valence-corrected chi connectivity index (χ0v) is 17.0. The highest BCUT2D eigenvalue weighted by molar-refractivity contribution is 6.32. The Labute approximate surface area is 163 Å². The van der Waals surface area contributed by atoms with Gasteiger partial charge in [-0.25, -0.2) is 4.79 Å². The molecular formula is C23H34O4. The molecule has 1 aliphatic carbocycles. The summed E-state index contributed by atoms with van der Waals surface area (Å²) in [6.07, 6.45) is 17.2. The molecule has 2 N–H and O–H groups in total. The molecule has 0 amide bonds. The van der Waals surface area contributed by atoms with Crippen LogP contribution in [0.25, 0.3) is 0 Å². The van der Waals surface area contributed by atoms with Gasteiger partial charge in [0.15, 0.2) is 0 Å². The van der Waals surface area contributed by atoms with Gasteiger partial charge in [-0.3, -0.25) is 4.79 Å². The first-order valence-corrected chi connectivity index (χ1v) is 9.71. The minimum absolute atomic E-state index is 0.0467. The molecule has 0 fully saturated rings. The molecular weight excluding hydrogens is 340 g/mol. The Hall–Kier alpha value is -1.94. The van der Waals surface area contributed by atoms with Gasteiger partial charge in [0.2, 0.25) is 5.78 Å². The summed E-state index contributed by atoms with van der Waals surface area (Å²) in [6.45, 7) is 8.28. The van der Waals surface area contributed by atoms with E-state index in [-0.39, 0.29) is 11.8 Å². The van der Waals surface area contributed by atoms with Crippen LogP contribution in [0.4, 0.5) is 0 Å². The molecule has 150 valence electrons. The van der Waals surface area contributed by atoms with E-state index in [0.717, 1.165) is 19.3 Å². The van der Waals surface area contributed by atoms with Crippen molar-refractivity contribution in [1.29, 1.82) is 0 Å². The smallest absolute Gasteiger partial charge is 0.372 e. The fourth-order valence-electron chi connectivity index (χ4n) is 2.99. The van der Waals surface area contributed by atoms with E-state index in [0.29, 0.717) is 18.3 Å². The average Bonchev–Trinajstić information content (AvgIpc) is 3.04. The van der Waals surface area contributed by atoms with Gasteiger partial charge in [-0.05, 0) is 56.8 Å². The van der Waals surface area contributed by atoms with Gasteiger partial charge in [0.1, 0.15) is 0 Å². The monoisotopic (exact) mass is 374 g/mol. The van der Waals surface area contributed by atoms with Crippen molar-refractivity contribution >= 4 is 11.8 Å². The predicted molar refractivity (Wildman–Crippen MR) is 109 cm³/mol. The van der Waals surface area contributed by atoms with Crippen LogP contribution in [-0.4, -0.2) is 28.1 Å². The number of carbonyl (C=O) groups is 2. The number of aliphatic hydroxyl groups is 1. The van der Waals surface area contributed by atoms with E-state index < -0.39 is 17.9 Å². The molecule has 3 atom stereocenters. The van der Waals surface area contributed by atoms with Gasteiger partial charge in [0.25, 0.3) is 0 Å². The van der Waals surface area contributed by atoms with Crippen LogP contribution < -0.4 is 0 Å². The molecule has 0 aromatic carbocycles. The zero-order valence-electron chi connectivity index (χ0n) is 17.0. The summed E-state index contributed by atoms with van der Waals surface area (Å²) in [5.41, 5.74) is 1.05. The molecule has 27 heavy (non-hydrogen) atoms. The van der Waals surface area contributed by atoms with Crippen molar-refractivity contribution in [3.63, 3.8) is 0 Å². The van der Waals surface area contributed by atoms with Crippen LogP contribution in [0, 0.1) is 17.3 Å². The Balaban J connectivity index is 2.50. The highest BCUT2D eigenvalue weighted by Crippen LogP contribution is 2.32. The van der Waals surface area contributed by atoms with Crippen LogP contribution in [0.1, 0.15) is 59.8 Å². The van der Waals surface area contributed by atoms with Gasteiger partial charge in [-0.15, -0.1) is 0 Å². The maximum atomic E-state index is 11.0. The van der Waals surface area contributed by atoms with E-state index in [9.17, 15) is 14.7 Å². The fraction of sp³-hybridized carbons (Fsp3) is 0.565. The van der Waals surface area contributed by atoms with E-state index in [4.69, 9.17) is 5.11 Å². The van der Waals surface area contributed by atoms with Crippen LogP contribution in [0.3, 0.4) is 0 Å². The molecule has 0 unspecified atom stereocenters. The Morgan fingerprint density at radius 1 is 1.26 bits per heavy atom. The number of hydrogen-bond donors (Lipinski definition) is 2. The first kappa shape index (κ1) is 23.1. The Kier molecular flexibility index (Phi) is 9.44. The molecule has 0 aromatic heterocycles. The molecule has 0 bridgehead atoms. The van der Waals surface area contributed by atoms with Crippen molar-refractivity contribution in [2.75, 3.05) is 0 Å². The average molecular weight is 375 g/mol. The molecule has 0 spiro atoms. The van der Waals surface area contributed by atoms with Crippen LogP contribution in [-0.2, 0) is 9.59 Å². The summed E-state index contributed by atoms with van der Waals surface area (Å²) in [5, 5.41) is 19.1. The summed E-state index contributed by atoms with van der Waals surface area (Å²) in [5.74, 6) is -1.36. The van der Waals surface area contributed by atoms with Gasteiger partial charge in [-0.1, -0.05) is 62.0 Å². The maximum absolute atomic E-state index is 11.0. The lowest BCUT2D eigenvalue weighted by molar-refractivity contribution is -0.149. The van der Waals surface area contributed by atoms with Crippen LogP contribution >= 0.6 is 0 Å². The van der Waals surface area contributed by atoms with Crippen molar-refractivity contribution < 1.29 is 19.8 Å².